The van der Waals surface area contributed by atoms with E-state index in [2.05, 4.69) is 19.1 Å². The molecule has 0 aliphatic carbocycles. The first kappa shape index (κ1) is 10.9. The Morgan fingerprint density at radius 2 is 1.79 bits per heavy atom. The normalized spacial score (nSPS) is 10.1. The number of ketones is 1. The average molecular weight is 192 g/mol. The first-order chi connectivity index (χ1) is 6.76. The molecule has 0 fully saturated rings. The second-order valence-corrected chi connectivity index (χ2v) is 3.32. The number of benzene rings is 1. The topological polar surface area (TPSA) is 26.3 Å². The maximum absolute atomic E-state index is 11.2. The van der Waals surface area contributed by atoms with E-state index in [-0.39, 0.29) is 12.4 Å². The van der Waals surface area contributed by atoms with Gasteiger partial charge in [-0.25, -0.2) is 0 Å². The van der Waals surface area contributed by atoms with Crippen LogP contribution in [0.2, 0.25) is 0 Å². The van der Waals surface area contributed by atoms with Crippen LogP contribution in [-0.2, 0) is 22.4 Å². The molecule has 1 rings (SSSR count). The molecule has 0 amide bonds. The Bertz CT molecular complexity index is 288. The number of rotatable bonds is 5. The zero-order valence-electron chi connectivity index (χ0n) is 8.75. The fourth-order valence-corrected chi connectivity index (χ4v) is 1.33. The lowest BCUT2D eigenvalue weighted by molar-refractivity contribution is -0.121. The lowest BCUT2D eigenvalue weighted by atomic mass is 10.1. The molecule has 0 aliphatic rings. The van der Waals surface area contributed by atoms with Crippen LogP contribution in [-0.4, -0.2) is 19.5 Å². The number of hydrogen-bond acceptors (Lipinski definition) is 2. The Balaban J connectivity index is 2.55. The van der Waals surface area contributed by atoms with Crippen LogP contribution >= 0.6 is 0 Å². The Hall–Kier alpha value is -1.15. The van der Waals surface area contributed by atoms with E-state index in [1.54, 1.807) is 0 Å². The molecule has 0 atom stereocenters. The highest BCUT2D eigenvalue weighted by Gasteiger charge is 2.02. The molecular formula is C12H16O2. The van der Waals surface area contributed by atoms with E-state index >= 15 is 0 Å². The van der Waals surface area contributed by atoms with Gasteiger partial charge in [-0.1, -0.05) is 31.2 Å². The molecule has 0 N–H and O–H groups in total. The molecule has 0 unspecified atom stereocenters. The van der Waals surface area contributed by atoms with Gasteiger partial charge < -0.3 is 4.74 Å². The SMILES string of the molecule is CCc1ccc(CC(=O)COC)cc1. The quantitative estimate of drug-likeness (QED) is 0.713. The predicted octanol–water partition coefficient (Wildman–Crippen LogP) is 2.01. The third-order valence-corrected chi connectivity index (χ3v) is 2.14. The van der Waals surface area contributed by atoms with Crippen LogP contribution in [0.5, 0.6) is 0 Å². The number of ether oxygens (including phenoxy) is 1. The smallest absolute Gasteiger partial charge is 0.162 e. The molecule has 2 nitrogen and oxygen atoms in total. The van der Waals surface area contributed by atoms with Crippen molar-refractivity contribution in [1.82, 2.24) is 0 Å². The maximum Gasteiger partial charge on any atom is 0.162 e. The number of aryl methyl sites for hydroxylation is 1. The van der Waals surface area contributed by atoms with Crippen LogP contribution < -0.4 is 0 Å². The van der Waals surface area contributed by atoms with Gasteiger partial charge in [0.1, 0.15) is 6.61 Å². The second-order valence-electron chi connectivity index (χ2n) is 3.32. The van der Waals surface area contributed by atoms with Gasteiger partial charge in [-0.3, -0.25) is 4.79 Å². The van der Waals surface area contributed by atoms with Crippen molar-refractivity contribution in [1.29, 1.82) is 0 Å². The summed E-state index contributed by atoms with van der Waals surface area (Å²) in [5.41, 5.74) is 2.36. The van der Waals surface area contributed by atoms with Crippen molar-refractivity contribution in [2.24, 2.45) is 0 Å². The number of hydrogen-bond donors (Lipinski definition) is 0. The zero-order valence-corrected chi connectivity index (χ0v) is 8.75. The molecule has 0 bridgehead atoms. The maximum atomic E-state index is 11.2. The zero-order chi connectivity index (χ0) is 10.4. The molecule has 0 aliphatic heterocycles. The summed E-state index contributed by atoms with van der Waals surface area (Å²) in [7, 11) is 1.54. The largest absolute Gasteiger partial charge is 0.377 e. The van der Waals surface area contributed by atoms with E-state index in [0.29, 0.717) is 6.42 Å². The van der Waals surface area contributed by atoms with E-state index in [1.165, 1.54) is 12.7 Å². The number of methoxy groups -OCH3 is 1. The van der Waals surface area contributed by atoms with E-state index < -0.39 is 0 Å². The molecule has 14 heavy (non-hydrogen) atoms. The van der Waals surface area contributed by atoms with Crippen molar-refractivity contribution in [2.45, 2.75) is 19.8 Å². The lowest BCUT2D eigenvalue weighted by Crippen LogP contribution is -2.09. The molecule has 76 valence electrons. The molecule has 1 aromatic rings. The van der Waals surface area contributed by atoms with Crippen LogP contribution in [0, 0.1) is 0 Å². The van der Waals surface area contributed by atoms with Gasteiger partial charge in [-0.05, 0) is 17.5 Å². The minimum absolute atomic E-state index is 0.122. The van der Waals surface area contributed by atoms with Gasteiger partial charge in [0.25, 0.3) is 0 Å². The average Bonchev–Trinajstić information content (AvgIpc) is 2.19. The van der Waals surface area contributed by atoms with E-state index in [1.807, 2.05) is 12.1 Å². The van der Waals surface area contributed by atoms with Crippen LogP contribution in [0.1, 0.15) is 18.1 Å². The Morgan fingerprint density at radius 1 is 1.21 bits per heavy atom. The summed E-state index contributed by atoms with van der Waals surface area (Å²) in [5, 5.41) is 0. The monoisotopic (exact) mass is 192 g/mol. The second kappa shape index (κ2) is 5.55. The highest BCUT2D eigenvalue weighted by molar-refractivity contribution is 5.82. The van der Waals surface area contributed by atoms with Crippen molar-refractivity contribution in [3.63, 3.8) is 0 Å². The first-order valence-electron chi connectivity index (χ1n) is 4.84. The fraction of sp³-hybridized carbons (Fsp3) is 0.417. The summed E-state index contributed by atoms with van der Waals surface area (Å²) < 4.78 is 4.77. The Morgan fingerprint density at radius 3 is 2.29 bits per heavy atom. The fourth-order valence-electron chi connectivity index (χ4n) is 1.33. The minimum Gasteiger partial charge on any atom is -0.377 e. The van der Waals surface area contributed by atoms with Crippen LogP contribution in [0.4, 0.5) is 0 Å². The van der Waals surface area contributed by atoms with Crippen LogP contribution in [0.3, 0.4) is 0 Å². The van der Waals surface area contributed by atoms with Crippen molar-refractivity contribution in [2.75, 3.05) is 13.7 Å². The van der Waals surface area contributed by atoms with Crippen molar-refractivity contribution >= 4 is 5.78 Å². The molecule has 0 saturated heterocycles. The van der Waals surface area contributed by atoms with E-state index in [9.17, 15) is 4.79 Å². The summed E-state index contributed by atoms with van der Waals surface area (Å²) in [4.78, 5) is 11.2. The first-order valence-corrected chi connectivity index (χ1v) is 4.84. The number of carbonyl (C=O) groups is 1. The van der Waals surface area contributed by atoms with Gasteiger partial charge in [-0.15, -0.1) is 0 Å². The summed E-state index contributed by atoms with van der Waals surface area (Å²) in [6, 6.07) is 8.14. The highest BCUT2D eigenvalue weighted by atomic mass is 16.5. The Labute approximate surface area is 84.9 Å². The van der Waals surface area contributed by atoms with Crippen molar-refractivity contribution in [3.05, 3.63) is 35.4 Å². The van der Waals surface area contributed by atoms with E-state index in [4.69, 9.17) is 4.74 Å². The molecule has 0 heterocycles. The third kappa shape index (κ3) is 3.30. The van der Waals surface area contributed by atoms with E-state index in [0.717, 1.165) is 12.0 Å². The molecule has 0 spiro atoms. The third-order valence-electron chi connectivity index (χ3n) is 2.14. The number of carbonyl (C=O) groups excluding carboxylic acids is 1. The lowest BCUT2D eigenvalue weighted by Gasteiger charge is -2.01. The van der Waals surface area contributed by atoms with Crippen molar-refractivity contribution in [3.8, 4) is 0 Å². The standard InChI is InChI=1S/C12H16O2/c1-3-10-4-6-11(7-5-10)8-12(13)9-14-2/h4-7H,3,8-9H2,1-2H3. The molecule has 1 aromatic carbocycles. The summed E-state index contributed by atoms with van der Waals surface area (Å²) >= 11 is 0. The summed E-state index contributed by atoms with van der Waals surface area (Å²) in [6.07, 6.45) is 1.50. The molecule has 2 heteroatoms. The van der Waals surface area contributed by atoms with Gasteiger partial charge in [0.05, 0.1) is 0 Å². The summed E-state index contributed by atoms with van der Waals surface area (Å²) in [5.74, 6) is 0.122. The van der Waals surface area contributed by atoms with Gasteiger partial charge in [0.2, 0.25) is 0 Å². The molecule has 0 saturated carbocycles. The van der Waals surface area contributed by atoms with Crippen LogP contribution in [0.15, 0.2) is 24.3 Å². The highest BCUT2D eigenvalue weighted by Crippen LogP contribution is 2.06. The van der Waals surface area contributed by atoms with Gasteiger partial charge in [0.15, 0.2) is 5.78 Å². The van der Waals surface area contributed by atoms with Gasteiger partial charge in [-0.2, -0.15) is 0 Å². The molecule has 0 aromatic heterocycles. The van der Waals surface area contributed by atoms with Crippen LogP contribution in [0.25, 0.3) is 0 Å². The molecule has 0 radical (unpaired) electrons. The Kier molecular flexibility index (Phi) is 4.33. The number of Topliss-reactive ketones (excluding diaryl/α,β-unsaturated/α-hetero) is 1. The summed E-state index contributed by atoms with van der Waals surface area (Å²) in [6.45, 7) is 2.32. The predicted molar refractivity (Wildman–Crippen MR) is 56.4 cm³/mol. The molecular weight excluding hydrogens is 176 g/mol. The van der Waals surface area contributed by atoms with Crippen molar-refractivity contribution < 1.29 is 9.53 Å². The van der Waals surface area contributed by atoms with Gasteiger partial charge >= 0.3 is 0 Å². The minimum atomic E-state index is 0.122. The van der Waals surface area contributed by atoms with Gasteiger partial charge in [0, 0.05) is 13.5 Å².